The monoisotopic (exact) mass is 290 g/mol. The number of rotatable bonds is 4. The number of carbonyl (C=O) groups is 2. The summed E-state index contributed by atoms with van der Waals surface area (Å²) in [6.45, 7) is 4.79. The van der Waals surface area contributed by atoms with Crippen molar-refractivity contribution in [3.8, 4) is 0 Å². The van der Waals surface area contributed by atoms with Crippen molar-refractivity contribution in [1.29, 1.82) is 0 Å². The topological polar surface area (TPSA) is 87.9 Å². The number of hydrogen-bond acceptors (Lipinski definition) is 4. The van der Waals surface area contributed by atoms with Crippen LogP contribution in [0.1, 0.15) is 5.56 Å². The molecule has 1 aromatic rings. The highest BCUT2D eigenvalue weighted by atomic mass is 16.7. The number of aromatic nitrogens is 2. The Balaban J connectivity index is 1.84. The molecule has 1 saturated heterocycles. The van der Waals surface area contributed by atoms with Crippen LogP contribution in [-0.2, 0) is 4.84 Å². The van der Waals surface area contributed by atoms with Crippen LogP contribution in [0.4, 0.5) is 9.59 Å². The van der Waals surface area contributed by atoms with Gasteiger partial charge in [0.1, 0.15) is 0 Å². The quantitative estimate of drug-likeness (QED) is 0.837. The largest absolute Gasteiger partial charge is 0.463 e. The van der Waals surface area contributed by atoms with Crippen molar-refractivity contribution in [2.24, 2.45) is 0 Å². The van der Waals surface area contributed by atoms with Gasteiger partial charge >= 0.3 is 12.1 Å². The van der Waals surface area contributed by atoms with E-state index in [9.17, 15) is 9.59 Å². The molecule has 8 heteroatoms. The third kappa shape index (κ3) is 2.29. The van der Waals surface area contributed by atoms with Crippen LogP contribution in [-0.4, -0.2) is 62.7 Å². The van der Waals surface area contributed by atoms with Crippen molar-refractivity contribution < 1.29 is 19.5 Å². The first-order valence-electron chi connectivity index (χ1n) is 6.41. The third-order valence-corrected chi connectivity index (χ3v) is 3.40. The molecule has 2 aliphatic rings. The number of carbonyl (C=O) groups excluding carboxylic acids is 1. The summed E-state index contributed by atoms with van der Waals surface area (Å²) in [5.41, 5.74) is 1.54. The molecule has 0 spiro atoms. The van der Waals surface area contributed by atoms with Gasteiger partial charge in [-0.15, -0.1) is 6.58 Å². The first-order chi connectivity index (χ1) is 10.1. The van der Waals surface area contributed by atoms with E-state index in [1.807, 2.05) is 6.08 Å². The number of hydrogen-bond donors (Lipinski definition) is 1. The Bertz CT molecular complexity index is 636. The summed E-state index contributed by atoms with van der Waals surface area (Å²) in [6, 6.07) is -0.381. The molecule has 1 unspecified atom stereocenters. The van der Waals surface area contributed by atoms with Crippen LogP contribution < -0.4 is 0 Å². The predicted molar refractivity (Wildman–Crippen MR) is 72.4 cm³/mol. The van der Waals surface area contributed by atoms with Gasteiger partial charge in [0, 0.05) is 24.8 Å². The first-order valence-corrected chi connectivity index (χ1v) is 6.41. The van der Waals surface area contributed by atoms with E-state index in [0.29, 0.717) is 18.7 Å². The Morgan fingerprint density at radius 3 is 3.10 bits per heavy atom. The van der Waals surface area contributed by atoms with E-state index in [0.717, 1.165) is 10.3 Å². The summed E-state index contributed by atoms with van der Waals surface area (Å²) in [5.74, 6) is 0. The van der Waals surface area contributed by atoms with Gasteiger partial charge in [0.25, 0.3) is 0 Å². The van der Waals surface area contributed by atoms with Gasteiger partial charge in [0.15, 0.2) is 0 Å². The van der Waals surface area contributed by atoms with Gasteiger partial charge in [0.2, 0.25) is 0 Å². The van der Waals surface area contributed by atoms with Gasteiger partial charge in [-0.25, -0.2) is 9.59 Å². The maximum Gasteiger partial charge on any atom is 0.432 e. The Morgan fingerprint density at radius 2 is 2.43 bits per heavy atom. The summed E-state index contributed by atoms with van der Waals surface area (Å²) in [4.78, 5) is 30.0. The van der Waals surface area contributed by atoms with Gasteiger partial charge in [-0.1, -0.05) is 12.2 Å². The fraction of sp³-hybridized carbons (Fsp3) is 0.308. The van der Waals surface area contributed by atoms with Crippen LogP contribution >= 0.6 is 0 Å². The number of fused-ring (bicyclic) bond motifs is 2. The Hall–Kier alpha value is -2.61. The van der Waals surface area contributed by atoms with E-state index in [2.05, 4.69) is 11.7 Å². The van der Waals surface area contributed by atoms with Crippen LogP contribution in [0.15, 0.2) is 31.1 Å². The van der Waals surface area contributed by atoms with Gasteiger partial charge in [-0.3, -0.25) is 4.84 Å². The van der Waals surface area contributed by atoms with Crippen LogP contribution in [0.3, 0.4) is 0 Å². The van der Waals surface area contributed by atoms with Gasteiger partial charge < -0.3 is 10.0 Å². The molecule has 21 heavy (non-hydrogen) atoms. The van der Waals surface area contributed by atoms with E-state index < -0.39 is 6.09 Å². The lowest BCUT2D eigenvalue weighted by molar-refractivity contribution is -0.107. The van der Waals surface area contributed by atoms with Crippen LogP contribution in [0.5, 0.6) is 0 Å². The molecular formula is C13H14N4O4. The third-order valence-electron chi connectivity index (χ3n) is 3.40. The Labute approximate surface area is 120 Å². The number of hydroxylamine groups is 2. The zero-order valence-corrected chi connectivity index (χ0v) is 11.2. The molecular weight excluding hydrogens is 276 g/mol. The lowest BCUT2D eigenvalue weighted by atomic mass is 10.0. The average Bonchev–Trinajstić information content (AvgIpc) is 3.03. The summed E-state index contributed by atoms with van der Waals surface area (Å²) in [5, 5.41) is 14.0. The molecule has 0 aliphatic carbocycles. The minimum atomic E-state index is -1.15. The summed E-state index contributed by atoms with van der Waals surface area (Å²) in [6.07, 6.45) is 5.25. The number of nitrogens with zero attached hydrogens (tertiary/aromatic N) is 4. The second-order valence-electron chi connectivity index (χ2n) is 4.79. The van der Waals surface area contributed by atoms with Gasteiger partial charge in [-0.2, -0.15) is 14.8 Å². The van der Waals surface area contributed by atoms with E-state index in [1.54, 1.807) is 11.0 Å². The number of urea groups is 1. The summed E-state index contributed by atoms with van der Waals surface area (Å²) in [7, 11) is 0. The SMILES string of the molecule is C=CCON1C(=O)N2CC(c3cnn(C(=O)O)c3)=CC1C2. The highest BCUT2D eigenvalue weighted by molar-refractivity contribution is 5.83. The molecule has 2 amide bonds. The lowest BCUT2D eigenvalue weighted by Gasteiger charge is -2.20. The van der Waals surface area contributed by atoms with Crippen molar-refractivity contribution >= 4 is 17.7 Å². The van der Waals surface area contributed by atoms with Crippen molar-refractivity contribution in [3.05, 3.63) is 36.7 Å². The zero-order valence-electron chi connectivity index (χ0n) is 11.2. The second kappa shape index (κ2) is 5.06. The van der Waals surface area contributed by atoms with Crippen LogP contribution in [0.2, 0.25) is 0 Å². The molecule has 1 N–H and O–H groups in total. The second-order valence-corrected chi connectivity index (χ2v) is 4.79. The molecule has 2 bridgehead atoms. The molecule has 0 saturated carbocycles. The van der Waals surface area contributed by atoms with Crippen LogP contribution in [0, 0.1) is 0 Å². The fourth-order valence-corrected chi connectivity index (χ4v) is 2.47. The minimum absolute atomic E-state index is 0.186. The fourth-order valence-electron chi connectivity index (χ4n) is 2.47. The predicted octanol–water partition coefficient (Wildman–Crippen LogP) is 1.03. The first kappa shape index (κ1) is 13.4. The smallest absolute Gasteiger partial charge is 0.432 e. The van der Waals surface area contributed by atoms with Crippen molar-refractivity contribution in [1.82, 2.24) is 19.7 Å². The maximum absolute atomic E-state index is 12.1. The molecule has 0 aromatic carbocycles. The van der Waals surface area contributed by atoms with Gasteiger partial charge in [0.05, 0.1) is 18.8 Å². The molecule has 1 atom stereocenters. The molecule has 110 valence electrons. The molecule has 0 radical (unpaired) electrons. The summed E-state index contributed by atoms with van der Waals surface area (Å²) >= 11 is 0. The number of amides is 2. The lowest BCUT2D eigenvalue weighted by Crippen LogP contribution is -2.33. The zero-order chi connectivity index (χ0) is 15.0. The highest BCUT2D eigenvalue weighted by Crippen LogP contribution is 2.29. The van der Waals surface area contributed by atoms with Crippen molar-refractivity contribution in [2.75, 3.05) is 19.7 Å². The molecule has 3 heterocycles. The minimum Gasteiger partial charge on any atom is -0.463 e. The molecule has 1 aromatic heterocycles. The highest BCUT2D eigenvalue weighted by Gasteiger charge is 2.41. The normalized spacial score (nSPS) is 20.7. The Morgan fingerprint density at radius 1 is 1.62 bits per heavy atom. The Kier molecular flexibility index (Phi) is 3.22. The van der Waals surface area contributed by atoms with Crippen molar-refractivity contribution in [3.63, 3.8) is 0 Å². The van der Waals surface area contributed by atoms with E-state index in [1.165, 1.54) is 17.5 Å². The standard InChI is InChI=1S/C13H14N4O4/c1-2-3-21-17-11-4-9(6-15(8-11)12(17)18)10-5-14-16(7-10)13(19)20/h2,4-5,7,11H,1,3,6,8H2,(H,19,20). The maximum atomic E-state index is 12.1. The molecule has 8 nitrogen and oxygen atoms in total. The van der Waals surface area contributed by atoms with Gasteiger partial charge in [-0.05, 0) is 5.57 Å². The number of carboxylic acid groups (broad SMARTS) is 1. The van der Waals surface area contributed by atoms with E-state index >= 15 is 0 Å². The average molecular weight is 290 g/mol. The van der Waals surface area contributed by atoms with Crippen LogP contribution in [0.25, 0.3) is 5.57 Å². The molecule has 2 aliphatic heterocycles. The molecule has 1 fully saturated rings. The van der Waals surface area contributed by atoms with E-state index in [-0.39, 0.29) is 18.7 Å². The van der Waals surface area contributed by atoms with Crippen molar-refractivity contribution in [2.45, 2.75) is 6.04 Å². The summed E-state index contributed by atoms with van der Waals surface area (Å²) < 4.78 is 0.843. The molecule has 3 rings (SSSR count). The van der Waals surface area contributed by atoms with E-state index in [4.69, 9.17) is 9.94 Å².